The largest absolute Gasteiger partial charge is 0.456 e. The number of hydrogen-bond donors (Lipinski definition) is 0. The molecule has 0 fully saturated rings. The summed E-state index contributed by atoms with van der Waals surface area (Å²) >= 11 is 0. The average Bonchev–Trinajstić information content (AvgIpc) is 3.72. The Balaban J connectivity index is 1.49. The van der Waals surface area contributed by atoms with Crippen LogP contribution in [-0.2, 0) is 0 Å². The molecule has 0 bridgehead atoms. The number of hydrogen-bond acceptors (Lipinski definition) is 1. The maximum absolute atomic E-state index is 6.28. The van der Waals surface area contributed by atoms with Crippen LogP contribution in [0.5, 0.6) is 0 Å². The molecule has 0 amide bonds. The van der Waals surface area contributed by atoms with Crippen LogP contribution in [0, 0.1) is 0 Å². The molecule has 6 aromatic carbocycles. The minimum Gasteiger partial charge on any atom is -0.456 e. The zero-order valence-corrected chi connectivity index (χ0v) is 20.8. The molecule has 0 saturated heterocycles. The molecule has 0 spiro atoms. The lowest BCUT2D eigenvalue weighted by Crippen LogP contribution is -1.93. The highest BCUT2D eigenvalue weighted by Gasteiger charge is 2.24. The molecule has 4 heterocycles. The van der Waals surface area contributed by atoms with Gasteiger partial charge in [-0.05, 0) is 42.5 Å². The van der Waals surface area contributed by atoms with Crippen molar-refractivity contribution in [2.45, 2.75) is 0 Å². The molecule has 0 saturated carbocycles. The van der Waals surface area contributed by atoms with E-state index < -0.39 is 0 Å². The predicted molar refractivity (Wildman–Crippen MR) is 163 cm³/mol. The van der Waals surface area contributed by atoms with E-state index in [4.69, 9.17) is 4.42 Å². The average molecular weight is 497 g/mol. The zero-order valence-electron chi connectivity index (χ0n) is 20.8. The quantitative estimate of drug-likeness (QED) is 0.222. The minimum absolute atomic E-state index is 0.934. The number of benzene rings is 6. The van der Waals surface area contributed by atoms with Crippen LogP contribution in [0.2, 0.25) is 0 Å². The van der Waals surface area contributed by atoms with Crippen LogP contribution >= 0.6 is 0 Å². The predicted octanol–water partition coefficient (Wildman–Crippen LogP) is 9.83. The second-order valence-electron chi connectivity index (χ2n) is 10.5. The Morgan fingerprint density at radius 3 is 1.97 bits per heavy atom. The molecule has 4 aromatic heterocycles. The fourth-order valence-corrected chi connectivity index (χ4v) is 7.17. The van der Waals surface area contributed by atoms with E-state index in [0.717, 1.165) is 11.2 Å². The Hall–Kier alpha value is -5.28. The molecule has 180 valence electrons. The lowest BCUT2D eigenvalue weighted by Gasteiger charge is -2.09. The summed E-state index contributed by atoms with van der Waals surface area (Å²) in [5.74, 6) is 0. The standard InChI is InChI=1S/C36H20N2O/c1-2-9-21(10-3-1)37-27-15-6-4-11-22(27)23-17-18-29-33(36(23)37)26-14-8-13-25-32-28(38(29)35(25)26)19-20-31-34(32)24-12-5-7-16-30(24)39-31/h1-20H. The summed E-state index contributed by atoms with van der Waals surface area (Å²) in [4.78, 5) is 0. The Kier molecular flexibility index (Phi) is 3.44. The lowest BCUT2D eigenvalue weighted by molar-refractivity contribution is 0.669. The van der Waals surface area contributed by atoms with Gasteiger partial charge in [0.2, 0.25) is 0 Å². The number of nitrogens with zero attached hydrogens (tertiary/aromatic N) is 2. The molecular weight excluding hydrogens is 476 g/mol. The van der Waals surface area contributed by atoms with Gasteiger partial charge in [-0.1, -0.05) is 78.9 Å². The third kappa shape index (κ3) is 2.27. The Labute approximate surface area is 222 Å². The zero-order chi connectivity index (χ0) is 25.2. The van der Waals surface area contributed by atoms with Crippen molar-refractivity contribution in [3.05, 3.63) is 121 Å². The van der Waals surface area contributed by atoms with Crippen LogP contribution in [0.25, 0.3) is 87.5 Å². The van der Waals surface area contributed by atoms with Gasteiger partial charge in [0.25, 0.3) is 0 Å². The minimum atomic E-state index is 0.934. The molecule has 10 aromatic rings. The first-order chi connectivity index (χ1) is 19.4. The lowest BCUT2D eigenvalue weighted by atomic mass is 10.0. The molecule has 0 aliphatic rings. The SMILES string of the molecule is c1ccc(-n2c3ccccc3c3ccc4c(c5cccc6c7c8c(ccc7n4c65)oc4ccccc48)c32)cc1. The van der Waals surface area contributed by atoms with Crippen LogP contribution in [0.3, 0.4) is 0 Å². The number of para-hydroxylation sites is 4. The summed E-state index contributed by atoms with van der Waals surface area (Å²) in [6, 6.07) is 43.7. The normalized spacial score (nSPS) is 12.6. The van der Waals surface area contributed by atoms with Gasteiger partial charge in [0, 0.05) is 48.8 Å². The van der Waals surface area contributed by atoms with Crippen molar-refractivity contribution in [1.82, 2.24) is 8.97 Å². The highest BCUT2D eigenvalue weighted by Crippen LogP contribution is 2.47. The van der Waals surface area contributed by atoms with Gasteiger partial charge in [0.15, 0.2) is 0 Å². The van der Waals surface area contributed by atoms with Gasteiger partial charge in [-0.25, -0.2) is 0 Å². The van der Waals surface area contributed by atoms with Gasteiger partial charge in [-0.3, -0.25) is 0 Å². The monoisotopic (exact) mass is 496 g/mol. The van der Waals surface area contributed by atoms with E-state index in [2.05, 4.69) is 124 Å². The first-order valence-corrected chi connectivity index (χ1v) is 13.4. The third-order valence-corrected chi connectivity index (χ3v) is 8.63. The molecule has 10 rings (SSSR count). The van der Waals surface area contributed by atoms with Crippen LogP contribution in [0.15, 0.2) is 126 Å². The molecule has 3 nitrogen and oxygen atoms in total. The summed E-state index contributed by atoms with van der Waals surface area (Å²) in [5, 5.41) is 10.0. The van der Waals surface area contributed by atoms with Crippen LogP contribution in [0.4, 0.5) is 0 Å². The summed E-state index contributed by atoms with van der Waals surface area (Å²) in [5.41, 5.74) is 9.27. The van der Waals surface area contributed by atoms with E-state index in [9.17, 15) is 0 Å². The van der Waals surface area contributed by atoms with Gasteiger partial charge < -0.3 is 13.4 Å². The molecule has 0 aliphatic heterocycles. The summed E-state index contributed by atoms with van der Waals surface area (Å²) < 4.78 is 11.2. The van der Waals surface area contributed by atoms with Gasteiger partial charge in [0.1, 0.15) is 11.2 Å². The van der Waals surface area contributed by atoms with E-state index in [0.29, 0.717) is 0 Å². The van der Waals surface area contributed by atoms with Crippen LogP contribution in [0.1, 0.15) is 0 Å². The van der Waals surface area contributed by atoms with Gasteiger partial charge in [-0.15, -0.1) is 0 Å². The fourth-order valence-electron chi connectivity index (χ4n) is 7.17. The highest BCUT2D eigenvalue weighted by atomic mass is 16.3. The Morgan fingerprint density at radius 2 is 1.08 bits per heavy atom. The molecule has 0 atom stereocenters. The van der Waals surface area contributed by atoms with E-state index in [1.807, 2.05) is 6.07 Å². The maximum Gasteiger partial charge on any atom is 0.136 e. The van der Waals surface area contributed by atoms with E-state index in [1.54, 1.807) is 0 Å². The van der Waals surface area contributed by atoms with Crippen LogP contribution < -0.4 is 0 Å². The summed E-state index contributed by atoms with van der Waals surface area (Å²) in [7, 11) is 0. The number of rotatable bonds is 1. The molecule has 0 unspecified atom stereocenters. The van der Waals surface area contributed by atoms with E-state index in [-0.39, 0.29) is 0 Å². The molecule has 39 heavy (non-hydrogen) atoms. The van der Waals surface area contributed by atoms with Crippen molar-refractivity contribution < 1.29 is 4.42 Å². The van der Waals surface area contributed by atoms with Crippen molar-refractivity contribution in [3.63, 3.8) is 0 Å². The van der Waals surface area contributed by atoms with E-state index in [1.165, 1.54) is 76.4 Å². The highest BCUT2D eigenvalue weighted by molar-refractivity contribution is 6.35. The summed E-state index contributed by atoms with van der Waals surface area (Å²) in [6.45, 7) is 0. The maximum atomic E-state index is 6.28. The first-order valence-electron chi connectivity index (χ1n) is 13.4. The van der Waals surface area contributed by atoms with Gasteiger partial charge in [0.05, 0.1) is 27.6 Å². The first kappa shape index (κ1) is 19.8. The fraction of sp³-hybridized carbons (Fsp3) is 0. The number of aromatic nitrogens is 2. The number of furan rings is 1. The second-order valence-corrected chi connectivity index (χ2v) is 10.5. The summed E-state index contributed by atoms with van der Waals surface area (Å²) in [6.07, 6.45) is 0. The molecule has 0 N–H and O–H groups in total. The van der Waals surface area contributed by atoms with Crippen molar-refractivity contribution in [1.29, 1.82) is 0 Å². The molecule has 0 radical (unpaired) electrons. The van der Waals surface area contributed by atoms with Crippen molar-refractivity contribution in [2.75, 3.05) is 0 Å². The smallest absolute Gasteiger partial charge is 0.136 e. The second kappa shape index (κ2) is 6.77. The molecule has 3 heteroatoms. The van der Waals surface area contributed by atoms with Gasteiger partial charge in [-0.2, -0.15) is 0 Å². The van der Waals surface area contributed by atoms with Crippen LogP contribution in [-0.4, -0.2) is 8.97 Å². The van der Waals surface area contributed by atoms with E-state index >= 15 is 0 Å². The van der Waals surface area contributed by atoms with Gasteiger partial charge >= 0.3 is 0 Å². The Morgan fingerprint density at radius 1 is 0.385 bits per heavy atom. The van der Waals surface area contributed by atoms with Crippen molar-refractivity contribution >= 4 is 81.8 Å². The van der Waals surface area contributed by atoms with Crippen molar-refractivity contribution in [3.8, 4) is 5.69 Å². The Bertz CT molecular complexity index is 2600. The van der Waals surface area contributed by atoms with Crippen molar-refractivity contribution in [2.24, 2.45) is 0 Å². The molecule has 0 aliphatic carbocycles. The number of fused-ring (bicyclic) bond motifs is 14. The third-order valence-electron chi connectivity index (χ3n) is 8.63. The topological polar surface area (TPSA) is 22.5 Å². The molecular formula is C36H20N2O.